The van der Waals surface area contributed by atoms with Crippen molar-refractivity contribution in [2.45, 2.75) is 38.5 Å². The third kappa shape index (κ3) is 4.46. The zero-order valence-electron chi connectivity index (χ0n) is 17.6. The molecule has 3 aromatic rings. The van der Waals surface area contributed by atoms with Crippen LogP contribution < -0.4 is 0 Å². The topological polar surface area (TPSA) is 9.23 Å². The summed E-state index contributed by atoms with van der Waals surface area (Å²) in [6, 6.07) is 18.1. The van der Waals surface area contributed by atoms with Crippen LogP contribution in [0.5, 0.6) is 0 Å². The zero-order chi connectivity index (χ0) is 21.1. The summed E-state index contributed by atoms with van der Waals surface area (Å²) in [6.07, 6.45) is 4.60. The van der Waals surface area contributed by atoms with Gasteiger partial charge in [0.05, 0.1) is 0 Å². The summed E-state index contributed by atoms with van der Waals surface area (Å²) in [5.74, 6) is 0.302. The minimum Gasteiger partial charge on any atom is -0.384 e. The predicted octanol–water partition coefficient (Wildman–Crippen LogP) is 7.53. The van der Waals surface area contributed by atoms with E-state index in [4.69, 9.17) is 4.74 Å². The summed E-state index contributed by atoms with van der Waals surface area (Å²) < 4.78 is 33.8. The molecule has 1 aliphatic carbocycles. The standard InChI is InChI=1S/C27H28F2O/c1-18-3-7-21(8-4-18)25-15-22(20-9-5-19(6-10-20)17-30-2)11-13-24(25)26-16-23(28)12-14-27(26)29/h3-4,7-8,11-16,19-20H,5-6,9-10,17H2,1-2H3. The minimum atomic E-state index is -0.429. The van der Waals surface area contributed by atoms with Gasteiger partial charge in [-0.05, 0) is 84.9 Å². The summed E-state index contributed by atoms with van der Waals surface area (Å²) in [4.78, 5) is 0. The van der Waals surface area contributed by atoms with Crippen LogP contribution >= 0.6 is 0 Å². The van der Waals surface area contributed by atoms with Crippen molar-refractivity contribution in [1.82, 2.24) is 0 Å². The van der Waals surface area contributed by atoms with Crippen LogP contribution in [0.25, 0.3) is 22.3 Å². The average Bonchev–Trinajstić information content (AvgIpc) is 2.76. The van der Waals surface area contributed by atoms with Crippen LogP contribution in [0.2, 0.25) is 0 Å². The zero-order valence-corrected chi connectivity index (χ0v) is 17.6. The van der Waals surface area contributed by atoms with Gasteiger partial charge in [-0.3, -0.25) is 0 Å². The van der Waals surface area contributed by atoms with Crippen LogP contribution in [0.1, 0.15) is 42.7 Å². The van der Waals surface area contributed by atoms with E-state index in [0.717, 1.165) is 42.2 Å². The first-order valence-electron chi connectivity index (χ1n) is 10.7. The monoisotopic (exact) mass is 406 g/mol. The normalized spacial score (nSPS) is 19.1. The van der Waals surface area contributed by atoms with E-state index in [1.165, 1.54) is 36.1 Å². The Labute approximate surface area is 177 Å². The number of hydrogen-bond acceptors (Lipinski definition) is 1. The SMILES string of the molecule is COCC1CCC(c2ccc(-c3cc(F)ccc3F)c(-c3ccc(C)cc3)c2)CC1. The van der Waals surface area contributed by atoms with Gasteiger partial charge in [0.1, 0.15) is 11.6 Å². The smallest absolute Gasteiger partial charge is 0.131 e. The van der Waals surface area contributed by atoms with Crippen LogP contribution in [0.15, 0.2) is 60.7 Å². The minimum absolute atomic E-state index is 0.306. The van der Waals surface area contributed by atoms with Crippen molar-refractivity contribution in [3.63, 3.8) is 0 Å². The molecule has 1 fully saturated rings. The number of methoxy groups -OCH3 is 1. The largest absolute Gasteiger partial charge is 0.384 e. The molecule has 0 heterocycles. The van der Waals surface area contributed by atoms with Crippen LogP contribution in [-0.2, 0) is 4.74 Å². The Morgan fingerprint density at radius 1 is 0.800 bits per heavy atom. The van der Waals surface area contributed by atoms with Crippen LogP contribution in [0, 0.1) is 24.5 Å². The van der Waals surface area contributed by atoms with Crippen molar-refractivity contribution < 1.29 is 13.5 Å². The average molecular weight is 407 g/mol. The first-order chi connectivity index (χ1) is 14.5. The third-order valence-electron chi connectivity index (χ3n) is 6.35. The van der Waals surface area contributed by atoms with Crippen molar-refractivity contribution in [3.8, 4) is 22.3 Å². The Hall–Kier alpha value is -2.52. The molecular weight excluding hydrogens is 378 g/mol. The number of rotatable bonds is 5. The molecule has 0 aliphatic heterocycles. The molecule has 0 saturated heterocycles. The molecule has 156 valence electrons. The summed E-state index contributed by atoms with van der Waals surface area (Å²) in [5, 5.41) is 0. The van der Waals surface area contributed by atoms with E-state index >= 15 is 0 Å². The third-order valence-corrected chi connectivity index (χ3v) is 6.35. The summed E-state index contributed by atoms with van der Waals surface area (Å²) in [7, 11) is 1.77. The van der Waals surface area contributed by atoms with E-state index < -0.39 is 11.6 Å². The second-order valence-electron chi connectivity index (χ2n) is 8.47. The molecule has 3 heteroatoms. The van der Waals surface area contributed by atoms with Gasteiger partial charge in [-0.2, -0.15) is 0 Å². The molecule has 1 saturated carbocycles. The maximum absolute atomic E-state index is 14.6. The van der Waals surface area contributed by atoms with Crippen molar-refractivity contribution in [2.24, 2.45) is 5.92 Å². The van der Waals surface area contributed by atoms with E-state index in [-0.39, 0.29) is 0 Å². The number of aryl methyl sites for hydroxylation is 1. The van der Waals surface area contributed by atoms with Gasteiger partial charge in [0.25, 0.3) is 0 Å². The quantitative estimate of drug-likeness (QED) is 0.425. The Kier molecular flexibility index (Phi) is 6.29. The summed E-state index contributed by atoms with van der Waals surface area (Å²) >= 11 is 0. The molecule has 1 nitrogen and oxygen atoms in total. The molecule has 0 aromatic heterocycles. The van der Waals surface area contributed by atoms with Gasteiger partial charge in [-0.1, -0.05) is 48.0 Å². The lowest BCUT2D eigenvalue weighted by Gasteiger charge is -2.29. The summed E-state index contributed by atoms with van der Waals surface area (Å²) in [6.45, 7) is 2.88. The second-order valence-corrected chi connectivity index (χ2v) is 8.47. The van der Waals surface area contributed by atoms with E-state index in [1.807, 2.05) is 13.0 Å². The lowest BCUT2D eigenvalue weighted by atomic mass is 9.78. The molecule has 3 aromatic carbocycles. The van der Waals surface area contributed by atoms with Gasteiger partial charge in [0.2, 0.25) is 0 Å². The van der Waals surface area contributed by atoms with Crippen molar-refractivity contribution >= 4 is 0 Å². The first kappa shape index (κ1) is 20.7. The second kappa shape index (κ2) is 9.09. The van der Waals surface area contributed by atoms with E-state index in [2.05, 4.69) is 36.4 Å². The Balaban J connectivity index is 1.74. The fourth-order valence-electron chi connectivity index (χ4n) is 4.62. The highest BCUT2D eigenvalue weighted by atomic mass is 19.1. The van der Waals surface area contributed by atoms with Crippen molar-refractivity contribution in [2.75, 3.05) is 13.7 Å². The molecule has 0 atom stereocenters. The predicted molar refractivity (Wildman–Crippen MR) is 119 cm³/mol. The molecule has 4 rings (SSSR count). The van der Waals surface area contributed by atoms with Crippen LogP contribution in [0.3, 0.4) is 0 Å². The van der Waals surface area contributed by atoms with Gasteiger partial charge in [0, 0.05) is 19.3 Å². The highest BCUT2D eigenvalue weighted by Crippen LogP contribution is 2.40. The Morgan fingerprint density at radius 3 is 2.23 bits per heavy atom. The molecule has 30 heavy (non-hydrogen) atoms. The molecule has 0 bridgehead atoms. The van der Waals surface area contributed by atoms with Crippen LogP contribution in [0.4, 0.5) is 8.78 Å². The maximum Gasteiger partial charge on any atom is 0.131 e. The molecule has 0 amide bonds. The van der Waals surface area contributed by atoms with Gasteiger partial charge in [-0.25, -0.2) is 8.78 Å². The van der Waals surface area contributed by atoms with Gasteiger partial charge in [0.15, 0.2) is 0 Å². The van der Waals surface area contributed by atoms with Crippen molar-refractivity contribution in [1.29, 1.82) is 0 Å². The van der Waals surface area contributed by atoms with E-state index in [9.17, 15) is 8.78 Å². The first-order valence-corrected chi connectivity index (χ1v) is 10.7. The van der Waals surface area contributed by atoms with Gasteiger partial charge < -0.3 is 4.74 Å². The Morgan fingerprint density at radius 2 is 1.53 bits per heavy atom. The van der Waals surface area contributed by atoms with Gasteiger partial charge in [-0.15, -0.1) is 0 Å². The fourth-order valence-corrected chi connectivity index (χ4v) is 4.62. The van der Waals surface area contributed by atoms with Gasteiger partial charge >= 0.3 is 0 Å². The Bertz CT molecular complexity index is 1000. The lowest BCUT2D eigenvalue weighted by molar-refractivity contribution is 0.127. The van der Waals surface area contributed by atoms with E-state index in [1.54, 1.807) is 7.11 Å². The molecular formula is C27H28F2O. The number of halogens is 2. The van der Waals surface area contributed by atoms with Crippen LogP contribution in [-0.4, -0.2) is 13.7 Å². The molecule has 0 radical (unpaired) electrons. The number of hydrogen-bond donors (Lipinski definition) is 0. The molecule has 0 N–H and O–H groups in total. The maximum atomic E-state index is 14.6. The fraction of sp³-hybridized carbons (Fsp3) is 0.333. The van der Waals surface area contributed by atoms with Crippen molar-refractivity contribution in [3.05, 3.63) is 83.4 Å². The lowest BCUT2D eigenvalue weighted by Crippen LogP contribution is -2.17. The molecule has 1 aliphatic rings. The number of benzene rings is 3. The number of ether oxygens (including phenoxy) is 1. The van der Waals surface area contributed by atoms with E-state index in [0.29, 0.717) is 17.4 Å². The highest BCUT2D eigenvalue weighted by Gasteiger charge is 2.23. The molecule has 0 unspecified atom stereocenters. The molecule has 0 spiro atoms. The summed E-state index contributed by atoms with van der Waals surface area (Å²) in [5.41, 5.74) is 5.46. The highest BCUT2D eigenvalue weighted by molar-refractivity contribution is 5.84.